The number of fused-ring (bicyclic) bond motifs is 1. The molecule has 20 heavy (non-hydrogen) atoms. The van der Waals surface area contributed by atoms with E-state index in [2.05, 4.69) is 16.4 Å². The van der Waals surface area contributed by atoms with Gasteiger partial charge >= 0.3 is 0 Å². The summed E-state index contributed by atoms with van der Waals surface area (Å²) >= 11 is 0. The third kappa shape index (κ3) is 2.40. The van der Waals surface area contributed by atoms with Crippen molar-refractivity contribution in [3.8, 4) is 0 Å². The Balaban J connectivity index is 1.88. The summed E-state index contributed by atoms with van der Waals surface area (Å²) in [4.78, 5) is 16.3. The Hall–Kier alpha value is -2.62. The van der Waals surface area contributed by atoms with Crippen molar-refractivity contribution in [3.63, 3.8) is 0 Å². The van der Waals surface area contributed by atoms with Crippen LogP contribution in [-0.4, -0.2) is 10.9 Å². The molecule has 1 aromatic heterocycles. The lowest BCUT2D eigenvalue weighted by molar-refractivity contribution is 0.102. The summed E-state index contributed by atoms with van der Waals surface area (Å²) in [5.41, 5.74) is 4.95. The van der Waals surface area contributed by atoms with Crippen LogP contribution in [0.4, 0.5) is 5.69 Å². The van der Waals surface area contributed by atoms with Gasteiger partial charge in [0, 0.05) is 11.3 Å². The molecule has 4 heteroatoms. The minimum atomic E-state index is -0.153. The Labute approximate surface area is 116 Å². The summed E-state index contributed by atoms with van der Waals surface area (Å²) < 4.78 is 5.16. The first-order valence-corrected chi connectivity index (χ1v) is 6.35. The predicted molar refractivity (Wildman–Crippen MR) is 77.9 cm³/mol. The van der Waals surface area contributed by atoms with E-state index in [0.717, 1.165) is 16.8 Å². The van der Waals surface area contributed by atoms with Crippen LogP contribution in [0.2, 0.25) is 0 Å². The van der Waals surface area contributed by atoms with Gasteiger partial charge in [0.05, 0.1) is 0 Å². The van der Waals surface area contributed by atoms with Crippen molar-refractivity contribution >= 4 is 22.7 Å². The van der Waals surface area contributed by atoms with Crippen LogP contribution in [0.1, 0.15) is 21.5 Å². The Morgan fingerprint density at radius 2 is 1.85 bits per heavy atom. The molecule has 0 unspecified atom stereocenters. The van der Waals surface area contributed by atoms with Crippen LogP contribution in [-0.2, 0) is 0 Å². The molecule has 0 saturated carbocycles. The molecule has 1 N–H and O–H groups in total. The van der Waals surface area contributed by atoms with Gasteiger partial charge in [0.25, 0.3) is 5.91 Å². The minimum absolute atomic E-state index is 0.153. The number of carbonyl (C=O) groups is 1. The van der Waals surface area contributed by atoms with Crippen LogP contribution in [0.25, 0.3) is 11.1 Å². The molecule has 0 atom stereocenters. The van der Waals surface area contributed by atoms with Gasteiger partial charge < -0.3 is 9.73 Å². The van der Waals surface area contributed by atoms with E-state index in [1.807, 2.05) is 26.0 Å². The van der Waals surface area contributed by atoms with E-state index in [4.69, 9.17) is 4.42 Å². The summed E-state index contributed by atoms with van der Waals surface area (Å²) in [5.74, 6) is -0.153. The normalized spacial score (nSPS) is 10.7. The lowest BCUT2D eigenvalue weighted by Gasteiger charge is -2.07. The van der Waals surface area contributed by atoms with Gasteiger partial charge in [0.15, 0.2) is 12.0 Å². The third-order valence-electron chi connectivity index (χ3n) is 3.07. The molecule has 1 amide bonds. The van der Waals surface area contributed by atoms with Crippen molar-refractivity contribution in [1.29, 1.82) is 0 Å². The van der Waals surface area contributed by atoms with E-state index < -0.39 is 0 Å². The van der Waals surface area contributed by atoms with Gasteiger partial charge in [0.2, 0.25) is 0 Å². The van der Waals surface area contributed by atoms with Crippen molar-refractivity contribution in [3.05, 3.63) is 59.5 Å². The van der Waals surface area contributed by atoms with Crippen molar-refractivity contribution < 1.29 is 9.21 Å². The number of benzene rings is 2. The fraction of sp³-hybridized carbons (Fsp3) is 0.125. The number of nitrogens with one attached hydrogen (secondary N) is 1. The Morgan fingerprint density at radius 1 is 1.10 bits per heavy atom. The molecular weight excluding hydrogens is 252 g/mol. The summed E-state index contributed by atoms with van der Waals surface area (Å²) in [6.07, 6.45) is 1.37. The maximum absolute atomic E-state index is 12.2. The second-order valence-corrected chi connectivity index (χ2v) is 4.87. The van der Waals surface area contributed by atoms with E-state index in [0.29, 0.717) is 16.7 Å². The summed E-state index contributed by atoms with van der Waals surface area (Å²) in [5, 5.41) is 2.90. The van der Waals surface area contributed by atoms with Crippen molar-refractivity contribution in [1.82, 2.24) is 4.98 Å². The highest BCUT2D eigenvalue weighted by Gasteiger charge is 2.09. The highest BCUT2D eigenvalue weighted by Crippen LogP contribution is 2.17. The Kier molecular flexibility index (Phi) is 2.99. The summed E-state index contributed by atoms with van der Waals surface area (Å²) in [6.45, 7) is 4.01. The maximum Gasteiger partial charge on any atom is 0.255 e. The molecule has 2 aromatic carbocycles. The average Bonchev–Trinajstić information content (AvgIpc) is 2.84. The van der Waals surface area contributed by atoms with Gasteiger partial charge in [-0.2, -0.15) is 0 Å². The maximum atomic E-state index is 12.2. The molecular formula is C16H14N2O2. The molecule has 100 valence electrons. The van der Waals surface area contributed by atoms with E-state index in [9.17, 15) is 4.79 Å². The number of amides is 1. The highest BCUT2D eigenvalue weighted by atomic mass is 16.3. The smallest absolute Gasteiger partial charge is 0.255 e. The molecule has 0 spiro atoms. The number of hydrogen-bond donors (Lipinski definition) is 1. The quantitative estimate of drug-likeness (QED) is 0.769. The van der Waals surface area contributed by atoms with Gasteiger partial charge in [-0.25, -0.2) is 4.98 Å². The average molecular weight is 266 g/mol. The SMILES string of the molecule is Cc1cc(C)cc(NC(=O)c2ccc3ocnc3c2)c1. The topological polar surface area (TPSA) is 55.1 Å². The van der Waals surface area contributed by atoms with Crippen LogP contribution in [0.15, 0.2) is 47.2 Å². The first-order chi connectivity index (χ1) is 9.61. The second kappa shape index (κ2) is 4.81. The molecule has 0 aliphatic rings. The van der Waals surface area contributed by atoms with Crippen molar-refractivity contribution in [2.45, 2.75) is 13.8 Å². The van der Waals surface area contributed by atoms with Crippen LogP contribution in [0, 0.1) is 13.8 Å². The number of aromatic nitrogens is 1. The van der Waals surface area contributed by atoms with E-state index >= 15 is 0 Å². The van der Waals surface area contributed by atoms with Gasteiger partial charge in [0.1, 0.15) is 5.52 Å². The van der Waals surface area contributed by atoms with Crippen molar-refractivity contribution in [2.75, 3.05) is 5.32 Å². The minimum Gasteiger partial charge on any atom is -0.443 e. The van der Waals surface area contributed by atoms with Gasteiger partial charge in [-0.05, 0) is 55.3 Å². The van der Waals surface area contributed by atoms with E-state index in [-0.39, 0.29) is 5.91 Å². The Morgan fingerprint density at radius 3 is 2.60 bits per heavy atom. The number of aryl methyl sites for hydroxylation is 2. The lowest BCUT2D eigenvalue weighted by Crippen LogP contribution is -2.12. The van der Waals surface area contributed by atoms with E-state index in [1.165, 1.54) is 6.39 Å². The molecule has 0 aliphatic carbocycles. The highest BCUT2D eigenvalue weighted by molar-refractivity contribution is 6.05. The van der Waals surface area contributed by atoms with E-state index in [1.54, 1.807) is 18.2 Å². The zero-order chi connectivity index (χ0) is 14.1. The lowest BCUT2D eigenvalue weighted by atomic mass is 10.1. The predicted octanol–water partition coefficient (Wildman–Crippen LogP) is 3.70. The second-order valence-electron chi connectivity index (χ2n) is 4.87. The number of rotatable bonds is 2. The number of oxazole rings is 1. The van der Waals surface area contributed by atoms with Crippen LogP contribution in [0.5, 0.6) is 0 Å². The Bertz CT molecular complexity index is 770. The van der Waals surface area contributed by atoms with Gasteiger partial charge in [-0.15, -0.1) is 0 Å². The number of nitrogens with zero attached hydrogens (tertiary/aromatic N) is 1. The molecule has 3 aromatic rings. The molecule has 0 aliphatic heterocycles. The number of anilines is 1. The standard InChI is InChI=1S/C16H14N2O2/c1-10-5-11(2)7-13(6-10)18-16(19)12-3-4-15-14(8-12)17-9-20-15/h3-9H,1-2H3,(H,18,19). The fourth-order valence-corrected chi connectivity index (χ4v) is 2.25. The van der Waals surface area contributed by atoms with Gasteiger partial charge in [-0.3, -0.25) is 4.79 Å². The molecule has 0 bridgehead atoms. The van der Waals surface area contributed by atoms with Gasteiger partial charge in [-0.1, -0.05) is 6.07 Å². The number of hydrogen-bond acceptors (Lipinski definition) is 3. The van der Waals surface area contributed by atoms with Crippen LogP contribution in [0.3, 0.4) is 0 Å². The first-order valence-electron chi connectivity index (χ1n) is 6.35. The zero-order valence-corrected chi connectivity index (χ0v) is 11.3. The molecule has 3 rings (SSSR count). The molecule has 0 radical (unpaired) electrons. The first kappa shape index (κ1) is 12.4. The summed E-state index contributed by atoms with van der Waals surface area (Å²) in [6, 6.07) is 11.2. The van der Waals surface area contributed by atoms with Crippen LogP contribution >= 0.6 is 0 Å². The largest absolute Gasteiger partial charge is 0.443 e. The van der Waals surface area contributed by atoms with Crippen molar-refractivity contribution in [2.24, 2.45) is 0 Å². The summed E-state index contributed by atoms with van der Waals surface area (Å²) in [7, 11) is 0. The molecule has 0 saturated heterocycles. The molecule has 4 nitrogen and oxygen atoms in total. The molecule has 0 fully saturated rings. The van der Waals surface area contributed by atoms with Crippen LogP contribution < -0.4 is 5.32 Å². The fourth-order valence-electron chi connectivity index (χ4n) is 2.25. The third-order valence-corrected chi connectivity index (χ3v) is 3.07. The number of carbonyl (C=O) groups excluding carboxylic acids is 1. The zero-order valence-electron chi connectivity index (χ0n) is 11.3. The monoisotopic (exact) mass is 266 g/mol. The molecule has 1 heterocycles.